The van der Waals surface area contributed by atoms with Gasteiger partial charge in [-0.25, -0.2) is 4.98 Å². The number of nitrogens with zero attached hydrogens (tertiary/aromatic N) is 1. The van der Waals surface area contributed by atoms with Gasteiger partial charge in [-0.15, -0.1) is 6.58 Å². The summed E-state index contributed by atoms with van der Waals surface area (Å²) in [6.45, 7) is 5.70. The summed E-state index contributed by atoms with van der Waals surface area (Å²) in [5.41, 5.74) is 8.50. The van der Waals surface area contributed by atoms with Gasteiger partial charge in [0.2, 0.25) is 5.88 Å². The summed E-state index contributed by atoms with van der Waals surface area (Å²) in [6, 6.07) is 9.43. The van der Waals surface area contributed by atoms with Crippen LogP contribution in [0.5, 0.6) is 11.6 Å². The molecule has 3 nitrogen and oxygen atoms in total. The van der Waals surface area contributed by atoms with Gasteiger partial charge in [0.1, 0.15) is 5.75 Å². The quantitative estimate of drug-likeness (QED) is 0.657. The zero-order valence-electron chi connectivity index (χ0n) is 10.4. The molecule has 0 unspecified atom stereocenters. The third-order valence-corrected chi connectivity index (χ3v) is 2.62. The molecule has 0 saturated carbocycles. The lowest BCUT2D eigenvalue weighted by Crippen LogP contribution is -1.96. The van der Waals surface area contributed by atoms with Gasteiger partial charge in [-0.2, -0.15) is 0 Å². The largest absolute Gasteiger partial charge is 0.438 e. The number of aromatic nitrogens is 1. The van der Waals surface area contributed by atoms with E-state index in [9.17, 15) is 0 Å². The highest BCUT2D eigenvalue weighted by atomic mass is 16.5. The van der Waals surface area contributed by atoms with E-state index in [2.05, 4.69) is 11.6 Å². The van der Waals surface area contributed by atoms with Crippen LogP contribution in [0.3, 0.4) is 0 Å². The summed E-state index contributed by atoms with van der Waals surface area (Å²) >= 11 is 0. The van der Waals surface area contributed by atoms with Crippen LogP contribution in [0.2, 0.25) is 0 Å². The third-order valence-electron chi connectivity index (χ3n) is 2.62. The number of ether oxygens (including phenoxy) is 1. The maximum absolute atomic E-state index is 5.83. The van der Waals surface area contributed by atoms with E-state index in [1.54, 1.807) is 6.20 Å². The minimum atomic E-state index is 0.618. The van der Waals surface area contributed by atoms with Crippen LogP contribution in [-0.2, 0) is 6.42 Å². The van der Waals surface area contributed by atoms with Gasteiger partial charge in [-0.1, -0.05) is 12.1 Å². The van der Waals surface area contributed by atoms with Gasteiger partial charge in [-0.3, -0.25) is 0 Å². The molecule has 1 aromatic heterocycles. The topological polar surface area (TPSA) is 48.1 Å². The standard InChI is InChI=1S/C15H16N2O/c1-3-5-12-10-13(16)7-8-14(12)18-15-11(2)6-4-9-17-15/h3-4,6-10H,1,5,16H2,2H3. The Balaban J connectivity index is 2.34. The maximum atomic E-state index is 5.83. The number of pyridine rings is 1. The fraction of sp³-hybridized carbons (Fsp3) is 0.133. The first-order valence-corrected chi connectivity index (χ1v) is 5.79. The smallest absolute Gasteiger partial charge is 0.222 e. The van der Waals surface area contributed by atoms with E-state index in [0.717, 1.165) is 22.6 Å². The molecule has 0 fully saturated rings. The van der Waals surface area contributed by atoms with Crippen molar-refractivity contribution in [1.82, 2.24) is 4.98 Å². The molecule has 1 heterocycles. The van der Waals surface area contributed by atoms with Gasteiger partial charge < -0.3 is 10.5 Å². The molecular formula is C15H16N2O. The van der Waals surface area contributed by atoms with E-state index in [0.29, 0.717) is 12.3 Å². The SMILES string of the molecule is C=CCc1cc(N)ccc1Oc1ncccc1C. The van der Waals surface area contributed by atoms with Crippen LogP contribution in [0.25, 0.3) is 0 Å². The van der Waals surface area contributed by atoms with Gasteiger partial charge in [0.05, 0.1) is 0 Å². The summed E-state index contributed by atoms with van der Waals surface area (Å²) in [5.74, 6) is 1.39. The first kappa shape index (κ1) is 12.2. The molecule has 0 radical (unpaired) electrons. The summed E-state index contributed by atoms with van der Waals surface area (Å²) < 4.78 is 5.83. The average molecular weight is 240 g/mol. The predicted molar refractivity (Wildman–Crippen MR) is 73.8 cm³/mol. The number of hydrogen-bond acceptors (Lipinski definition) is 3. The number of nitrogen functional groups attached to an aromatic ring is 1. The molecule has 3 heteroatoms. The zero-order valence-corrected chi connectivity index (χ0v) is 10.4. The molecule has 2 N–H and O–H groups in total. The number of aryl methyl sites for hydroxylation is 1. The Labute approximate surface area is 107 Å². The van der Waals surface area contributed by atoms with E-state index >= 15 is 0 Å². The molecule has 2 rings (SSSR count). The molecule has 1 aromatic carbocycles. The highest BCUT2D eigenvalue weighted by Crippen LogP contribution is 2.28. The Morgan fingerprint density at radius 2 is 2.22 bits per heavy atom. The molecule has 0 amide bonds. The van der Waals surface area contributed by atoms with Crippen molar-refractivity contribution in [3.63, 3.8) is 0 Å². The molecule has 18 heavy (non-hydrogen) atoms. The average Bonchev–Trinajstić information content (AvgIpc) is 2.35. The molecule has 0 atom stereocenters. The Bertz CT molecular complexity index is 564. The van der Waals surface area contributed by atoms with Crippen molar-refractivity contribution in [2.24, 2.45) is 0 Å². The summed E-state index contributed by atoms with van der Waals surface area (Å²) in [5, 5.41) is 0. The first-order chi connectivity index (χ1) is 8.70. The van der Waals surface area contributed by atoms with Crippen molar-refractivity contribution in [3.05, 3.63) is 60.3 Å². The second-order valence-corrected chi connectivity index (χ2v) is 4.09. The highest BCUT2D eigenvalue weighted by molar-refractivity contribution is 5.49. The minimum absolute atomic E-state index is 0.618. The lowest BCUT2D eigenvalue weighted by Gasteiger charge is -2.11. The molecule has 2 aromatic rings. The fourth-order valence-electron chi connectivity index (χ4n) is 1.70. The van der Waals surface area contributed by atoms with E-state index < -0.39 is 0 Å². The monoisotopic (exact) mass is 240 g/mol. The van der Waals surface area contributed by atoms with Gasteiger partial charge >= 0.3 is 0 Å². The Hall–Kier alpha value is -2.29. The molecule has 0 aliphatic rings. The fourth-order valence-corrected chi connectivity index (χ4v) is 1.70. The van der Waals surface area contributed by atoms with Gasteiger partial charge in [0.25, 0.3) is 0 Å². The molecule has 0 aliphatic heterocycles. The lowest BCUT2D eigenvalue weighted by atomic mass is 10.1. The summed E-state index contributed by atoms with van der Waals surface area (Å²) in [7, 11) is 0. The van der Waals surface area contributed by atoms with Crippen molar-refractivity contribution < 1.29 is 4.74 Å². The van der Waals surface area contributed by atoms with Crippen molar-refractivity contribution in [3.8, 4) is 11.6 Å². The molecule has 92 valence electrons. The van der Waals surface area contributed by atoms with Gasteiger partial charge in [0.15, 0.2) is 0 Å². The lowest BCUT2D eigenvalue weighted by molar-refractivity contribution is 0.454. The number of allylic oxidation sites excluding steroid dienone is 1. The Morgan fingerprint density at radius 1 is 1.39 bits per heavy atom. The minimum Gasteiger partial charge on any atom is -0.438 e. The van der Waals surface area contributed by atoms with Crippen LogP contribution in [0.1, 0.15) is 11.1 Å². The normalized spacial score (nSPS) is 10.1. The predicted octanol–water partition coefficient (Wildman–Crippen LogP) is 3.49. The maximum Gasteiger partial charge on any atom is 0.222 e. The molecule has 0 spiro atoms. The first-order valence-electron chi connectivity index (χ1n) is 5.79. The van der Waals surface area contributed by atoms with Crippen LogP contribution in [-0.4, -0.2) is 4.98 Å². The van der Waals surface area contributed by atoms with Crippen LogP contribution >= 0.6 is 0 Å². The van der Waals surface area contributed by atoms with E-state index in [1.165, 1.54) is 0 Å². The number of nitrogens with two attached hydrogens (primary N) is 1. The second kappa shape index (κ2) is 5.36. The molecule has 0 saturated heterocycles. The van der Waals surface area contributed by atoms with Crippen LogP contribution in [0, 0.1) is 6.92 Å². The number of rotatable bonds is 4. The van der Waals surface area contributed by atoms with Crippen LogP contribution in [0.4, 0.5) is 5.69 Å². The van der Waals surface area contributed by atoms with E-state index in [4.69, 9.17) is 10.5 Å². The highest BCUT2D eigenvalue weighted by Gasteiger charge is 2.07. The zero-order chi connectivity index (χ0) is 13.0. The van der Waals surface area contributed by atoms with Crippen LogP contribution in [0.15, 0.2) is 49.2 Å². The third kappa shape index (κ3) is 2.69. The van der Waals surface area contributed by atoms with Crippen molar-refractivity contribution in [2.45, 2.75) is 13.3 Å². The van der Waals surface area contributed by atoms with Crippen molar-refractivity contribution in [2.75, 3.05) is 5.73 Å². The summed E-state index contributed by atoms with van der Waals surface area (Å²) in [4.78, 5) is 4.22. The summed E-state index contributed by atoms with van der Waals surface area (Å²) in [6.07, 6.45) is 4.26. The molecule has 0 bridgehead atoms. The number of anilines is 1. The van der Waals surface area contributed by atoms with Crippen molar-refractivity contribution >= 4 is 5.69 Å². The van der Waals surface area contributed by atoms with E-state index in [1.807, 2.05) is 43.3 Å². The number of benzene rings is 1. The van der Waals surface area contributed by atoms with Gasteiger partial charge in [0, 0.05) is 23.0 Å². The second-order valence-electron chi connectivity index (χ2n) is 4.09. The van der Waals surface area contributed by atoms with Gasteiger partial charge in [-0.05, 0) is 37.6 Å². The molecule has 0 aliphatic carbocycles. The van der Waals surface area contributed by atoms with E-state index in [-0.39, 0.29) is 0 Å². The Kier molecular flexibility index (Phi) is 3.63. The number of hydrogen-bond donors (Lipinski definition) is 1. The van der Waals surface area contributed by atoms with Crippen LogP contribution < -0.4 is 10.5 Å². The molecular weight excluding hydrogens is 224 g/mol. The Morgan fingerprint density at radius 3 is 2.94 bits per heavy atom. The van der Waals surface area contributed by atoms with Crippen molar-refractivity contribution in [1.29, 1.82) is 0 Å².